The van der Waals surface area contributed by atoms with Gasteiger partial charge in [-0.1, -0.05) is 19.8 Å². The van der Waals surface area contributed by atoms with Crippen LogP contribution in [0.5, 0.6) is 0 Å². The number of carbonyl (C=O) groups is 3. The maximum Gasteiger partial charge on any atom is 0.307 e. The van der Waals surface area contributed by atoms with E-state index in [1.54, 1.807) is 4.90 Å². The van der Waals surface area contributed by atoms with Crippen LogP contribution >= 0.6 is 0 Å². The van der Waals surface area contributed by atoms with Gasteiger partial charge in [0.25, 0.3) is 0 Å². The van der Waals surface area contributed by atoms with Gasteiger partial charge < -0.3 is 15.3 Å². The SMILES string of the molecule is CCCCCNC(=O)C1CCN(C(=O)C2CCC2C(=O)O)CC1. The number of hydrogen-bond acceptors (Lipinski definition) is 3. The lowest BCUT2D eigenvalue weighted by Gasteiger charge is -2.39. The summed E-state index contributed by atoms with van der Waals surface area (Å²) in [6.45, 7) is 3.99. The number of aliphatic carboxylic acids is 1. The smallest absolute Gasteiger partial charge is 0.307 e. The summed E-state index contributed by atoms with van der Waals surface area (Å²) >= 11 is 0. The minimum atomic E-state index is -0.865. The Labute approximate surface area is 137 Å². The Kier molecular flexibility index (Phi) is 6.42. The van der Waals surface area contributed by atoms with Gasteiger partial charge in [0.05, 0.1) is 11.8 Å². The molecule has 1 aliphatic carbocycles. The molecule has 0 aromatic carbocycles. The van der Waals surface area contributed by atoms with Gasteiger partial charge in [-0.05, 0) is 32.1 Å². The molecule has 2 unspecified atom stereocenters. The number of unbranched alkanes of at least 4 members (excludes halogenated alkanes) is 2. The Balaban J connectivity index is 1.72. The number of piperidine rings is 1. The maximum absolute atomic E-state index is 12.4. The highest BCUT2D eigenvalue weighted by molar-refractivity contribution is 5.86. The molecule has 130 valence electrons. The van der Waals surface area contributed by atoms with Gasteiger partial charge in [-0.25, -0.2) is 0 Å². The van der Waals surface area contributed by atoms with Gasteiger partial charge in [-0.2, -0.15) is 0 Å². The lowest BCUT2D eigenvalue weighted by molar-refractivity contribution is -0.157. The highest BCUT2D eigenvalue weighted by Crippen LogP contribution is 2.36. The van der Waals surface area contributed by atoms with Gasteiger partial charge in [-0.3, -0.25) is 14.4 Å². The molecule has 1 heterocycles. The van der Waals surface area contributed by atoms with Gasteiger partial charge in [-0.15, -0.1) is 0 Å². The molecule has 6 heteroatoms. The van der Waals surface area contributed by atoms with E-state index in [2.05, 4.69) is 12.2 Å². The number of nitrogens with zero attached hydrogens (tertiary/aromatic N) is 1. The third-order valence-electron chi connectivity index (χ3n) is 5.17. The number of likely N-dealkylation sites (tertiary alicyclic amines) is 1. The summed E-state index contributed by atoms with van der Waals surface area (Å²) < 4.78 is 0. The van der Waals surface area contributed by atoms with Crippen molar-refractivity contribution in [3.8, 4) is 0 Å². The minimum absolute atomic E-state index is 0.0164. The van der Waals surface area contributed by atoms with Crippen molar-refractivity contribution in [3.63, 3.8) is 0 Å². The molecule has 1 aliphatic heterocycles. The van der Waals surface area contributed by atoms with E-state index >= 15 is 0 Å². The van der Waals surface area contributed by atoms with Crippen molar-refractivity contribution < 1.29 is 19.5 Å². The van der Waals surface area contributed by atoms with Crippen LogP contribution in [0.25, 0.3) is 0 Å². The maximum atomic E-state index is 12.4. The van der Waals surface area contributed by atoms with Gasteiger partial charge in [0.2, 0.25) is 11.8 Å². The van der Waals surface area contributed by atoms with Crippen LogP contribution in [0.1, 0.15) is 51.9 Å². The number of carbonyl (C=O) groups excluding carboxylic acids is 2. The number of amides is 2. The predicted octanol–water partition coefficient (Wildman–Crippen LogP) is 1.64. The van der Waals surface area contributed by atoms with E-state index in [-0.39, 0.29) is 23.7 Å². The quantitative estimate of drug-likeness (QED) is 0.697. The van der Waals surface area contributed by atoms with Crippen LogP contribution in [0.15, 0.2) is 0 Å². The van der Waals surface area contributed by atoms with E-state index in [0.717, 1.165) is 25.8 Å². The second-order valence-electron chi connectivity index (χ2n) is 6.73. The van der Waals surface area contributed by atoms with Crippen molar-refractivity contribution in [2.24, 2.45) is 17.8 Å². The number of nitrogens with one attached hydrogen (secondary N) is 1. The lowest BCUT2D eigenvalue weighted by Crippen LogP contribution is -2.49. The van der Waals surface area contributed by atoms with E-state index in [1.807, 2.05) is 0 Å². The zero-order chi connectivity index (χ0) is 16.8. The van der Waals surface area contributed by atoms with Crippen LogP contribution in [-0.2, 0) is 14.4 Å². The third-order valence-corrected chi connectivity index (χ3v) is 5.17. The fourth-order valence-electron chi connectivity index (χ4n) is 3.42. The Morgan fingerprint density at radius 2 is 1.70 bits per heavy atom. The summed E-state index contributed by atoms with van der Waals surface area (Å²) in [6, 6.07) is 0. The van der Waals surface area contributed by atoms with Crippen LogP contribution in [0.4, 0.5) is 0 Å². The van der Waals surface area contributed by atoms with E-state index in [9.17, 15) is 14.4 Å². The van der Waals surface area contributed by atoms with Crippen LogP contribution in [0.3, 0.4) is 0 Å². The predicted molar refractivity (Wildman–Crippen MR) is 85.7 cm³/mol. The molecule has 0 aromatic rings. The Morgan fingerprint density at radius 3 is 2.22 bits per heavy atom. The van der Waals surface area contributed by atoms with Crippen LogP contribution in [-0.4, -0.2) is 47.4 Å². The molecule has 1 saturated heterocycles. The summed E-state index contributed by atoms with van der Waals surface area (Å²) in [6.07, 6.45) is 5.90. The Bertz CT molecular complexity index is 444. The molecule has 0 aromatic heterocycles. The van der Waals surface area contributed by atoms with Crippen LogP contribution in [0, 0.1) is 17.8 Å². The van der Waals surface area contributed by atoms with E-state index in [4.69, 9.17) is 5.11 Å². The highest BCUT2D eigenvalue weighted by atomic mass is 16.4. The summed E-state index contributed by atoms with van der Waals surface area (Å²) in [5, 5.41) is 12.0. The van der Waals surface area contributed by atoms with E-state index in [1.165, 1.54) is 0 Å². The van der Waals surface area contributed by atoms with Gasteiger partial charge >= 0.3 is 5.97 Å². The molecule has 2 amide bonds. The molecular weight excluding hydrogens is 296 g/mol. The summed E-state index contributed by atoms with van der Waals surface area (Å²) in [5.74, 6) is -1.69. The van der Waals surface area contributed by atoms with Crippen molar-refractivity contribution >= 4 is 17.8 Å². The molecule has 0 spiro atoms. The normalized spacial score (nSPS) is 24.8. The van der Waals surface area contributed by atoms with Gasteiger partial charge in [0.1, 0.15) is 0 Å². The first-order chi connectivity index (χ1) is 11.0. The van der Waals surface area contributed by atoms with Crippen molar-refractivity contribution in [1.29, 1.82) is 0 Å². The van der Waals surface area contributed by atoms with Crippen LogP contribution < -0.4 is 5.32 Å². The fraction of sp³-hybridized carbons (Fsp3) is 0.824. The average Bonchev–Trinajstić information content (AvgIpc) is 2.50. The molecule has 2 fully saturated rings. The Hall–Kier alpha value is -1.59. The standard InChI is InChI=1S/C17H28N2O4/c1-2-3-4-9-18-15(20)12-7-10-19(11-8-12)16(21)13-5-6-14(13)17(22)23/h12-14H,2-11H2,1H3,(H,18,20)(H,22,23). The van der Waals surface area contributed by atoms with Crippen LogP contribution in [0.2, 0.25) is 0 Å². The fourth-order valence-corrected chi connectivity index (χ4v) is 3.42. The monoisotopic (exact) mass is 324 g/mol. The van der Waals surface area contributed by atoms with Crippen molar-refractivity contribution in [2.45, 2.75) is 51.9 Å². The summed E-state index contributed by atoms with van der Waals surface area (Å²) in [5.41, 5.74) is 0. The average molecular weight is 324 g/mol. The number of rotatable bonds is 7. The zero-order valence-corrected chi connectivity index (χ0v) is 13.9. The van der Waals surface area contributed by atoms with E-state index in [0.29, 0.717) is 38.8 Å². The first kappa shape index (κ1) is 17.8. The molecule has 2 atom stereocenters. The third kappa shape index (κ3) is 4.45. The summed E-state index contributed by atoms with van der Waals surface area (Å²) in [7, 11) is 0. The number of hydrogen-bond donors (Lipinski definition) is 2. The zero-order valence-electron chi connectivity index (χ0n) is 13.9. The van der Waals surface area contributed by atoms with Gasteiger partial charge in [0, 0.05) is 25.6 Å². The first-order valence-electron chi connectivity index (χ1n) is 8.84. The number of carboxylic acid groups (broad SMARTS) is 1. The summed E-state index contributed by atoms with van der Waals surface area (Å²) in [4.78, 5) is 37.3. The second kappa shape index (κ2) is 8.31. The molecule has 2 N–H and O–H groups in total. The molecular formula is C17H28N2O4. The van der Waals surface area contributed by atoms with Crippen molar-refractivity contribution in [2.75, 3.05) is 19.6 Å². The van der Waals surface area contributed by atoms with E-state index < -0.39 is 11.9 Å². The second-order valence-corrected chi connectivity index (χ2v) is 6.73. The molecule has 0 radical (unpaired) electrons. The highest BCUT2D eigenvalue weighted by Gasteiger charge is 2.43. The van der Waals surface area contributed by atoms with Gasteiger partial charge in [0.15, 0.2) is 0 Å². The Morgan fingerprint density at radius 1 is 1.04 bits per heavy atom. The number of carboxylic acids is 1. The van der Waals surface area contributed by atoms with Crippen molar-refractivity contribution in [3.05, 3.63) is 0 Å². The lowest BCUT2D eigenvalue weighted by atomic mass is 9.72. The first-order valence-corrected chi connectivity index (χ1v) is 8.84. The molecule has 0 bridgehead atoms. The molecule has 2 rings (SSSR count). The molecule has 6 nitrogen and oxygen atoms in total. The van der Waals surface area contributed by atoms with Crippen molar-refractivity contribution in [1.82, 2.24) is 10.2 Å². The minimum Gasteiger partial charge on any atom is -0.481 e. The largest absolute Gasteiger partial charge is 0.481 e. The molecule has 1 saturated carbocycles. The topological polar surface area (TPSA) is 86.7 Å². The molecule has 2 aliphatic rings. The molecule has 23 heavy (non-hydrogen) atoms.